The van der Waals surface area contributed by atoms with Gasteiger partial charge in [-0.15, -0.1) is 0 Å². The maximum Gasteiger partial charge on any atom is 0.119 e. The zero-order valence-electron chi connectivity index (χ0n) is 15.4. The van der Waals surface area contributed by atoms with Gasteiger partial charge in [-0.25, -0.2) is 0 Å². The molecule has 1 saturated carbocycles. The molecule has 1 aromatic rings. The lowest BCUT2D eigenvalue weighted by molar-refractivity contribution is -0.0172. The van der Waals surface area contributed by atoms with Crippen molar-refractivity contribution in [3.8, 4) is 5.75 Å². The largest absolute Gasteiger partial charge is 0.497 e. The van der Waals surface area contributed by atoms with E-state index in [1.807, 2.05) is 0 Å². The summed E-state index contributed by atoms with van der Waals surface area (Å²) in [6, 6.07) is 7.00. The molecule has 2 bridgehead atoms. The molecule has 3 aliphatic rings. The Bertz CT molecular complexity index is 630. The lowest BCUT2D eigenvalue weighted by atomic mass is 9.56. The SMILES string of the molecule is COc1ccc2c(c1)C1(CC(O)CO)CCN(CC3CC3)C(C2)C1C. The van der Waals surface area contributed by atoms with Crippen LogP contribution in [-0.4, -0.2) is 54.1 Å². The van der Waals surface area contributed by atoms with Crippen LogP contribution in [0.5, 0.6) is 5.75 Å². The third-order valence-electron chi connectivity index (χ3n) is 7.05. The molecular formula is C21H31NO3. The molecule has 4 heteroatoms. The van der Waals surface area contributed by atoms with E-state index in [9.17, 15) is 10.2 Å². The molecule has 1 aliphatic heterocycles. The number of fused-ring (bicyclic) bond motifs is 4. The fourth-order valence-electron chi connectivity index (χ4n) is 5.40. The number of hydrogen-bond acceptors (Lipinski definition) is 4. The van der Waals surface area contributed by atoms with E-state index >= 15 is 0 Å². The number of aliphatic hydroxyl groups excluding tert-OH is 2. The molecule has 25 heavy (non-hydrogen) atoms. The Hall–Kier alpha value is -1.10. The summed E-state index contributed by atoms with van der Waals surface area (Å²) in [5, 5.41) is 19.8. The van der Waals surface area contributed by atoms with Gasteiger partial charge in [-0.05, 0) is 73.7 Å². The van der Waals surface area contributed by atoms with E-state index < -0.39 is 6.10 Å². The Morgan fingerprint density at radius 3 is 2.84 bits per heavy atom. The highest BCUT2D eigenvalue weighted by Crippen LogP contribution is 2.52. The van der Waals surface area contributed by atoms with Crippen LogP contribution in [0.3, 0.4) is 0 Å². The first-order valence-corrected chi connectivity index (χ1v) is 9.77. The van der Waals surface area contributed by atoms with Gasteiger partial charge in [0.05, 0.1) is 19.8 Å². The number of aliphatic hydroxyl groups is 2. The van der Waals surface area contributed by atoms with Crippen LogP contribution in [0.25, 0.3) is 0 Å². The van der Waals surface area contributed by atoms with E-state index in [1.165, 1.54) is 30.5 Å². The van der Waals surface area contributed by atoms with Gasteiger partial charge in [-0.1, -0.05) is 13.0 Å². The van der Waals surface area contributed by atoms with Crippen LogP contribution in [0, 0.1) is 11.8 Å². The summed E-state index contributed by atoms with van der Waals surface area (Å²) in [4.78, 5) is 2.71. The van der Waals surface area contributed by atoms with E-state index in [0.29, 0.717) is 18.4 Å². The number of ether oxygens (including phenoxy) is 1. The minimum atomic E-state index is -0.657. The zero-order valence-corrected chi connectivity index (χ0v) is 15.4. The number of benzene rings is 1. The van der Waals surface area contributed by atoms with Crippen LogP contribution in [-0.2, 0) is 11.8 Å². The fraction of sp³-hybridized carbons (Fsp3) is 0.714. The first-order valence-electron chi connectivity index (χ1n) is 9.77. The van der Waals surface area contributed by atoms with E-state index in [2.05, 4.69) is 30.0 Å². The highest BCUT2D eigenvalue weighted by Gasteiger charge is 2.52. The predicted molar refractivity (Wildman–Crippen MR) is 98.0 cm³/mol. The van der Waals surface area contributed by atoms with Gasteiger partial charge in [0, 0.05) is 18.0 Å². The van der Waals surface area contributed by atoms with Gasteiger partial charge in [-0.3, -0.25) is 4.90 Å². The van der Waals surface area contributed by atoms with Crippen LogP contribution in [0.4, 0.5) is 0 Å². The van der Waals surface area contributed by atoms with Gasteiger partial charge < -0.3 is 14.9 Å². The first-order chi connectivity index (χ1) is 12.1. The Kier molecular flexibility index (Phi) is 4.55. The topological polar surface area (TPSA) is 52.9 Å². The molecule has 4 atom stereocenters. The summed E-state index contributed by atoms with van der Waals surface area (Å²) >= 11 is 0. The molecule has 4 rings (SSSR count). The Morgan fingerprint density at radius 1 is 1.36 bits per heavy atom. The maximum atomic E-state index is 10.3. The first kappa shape index (κ1) is 17.3. The van der Waals surface area contributed by atoms with Gasteiger partial charge >= 0.3 is 0 Å². The second-order valence-corrected chi connectivity index (χ2v) is 8.47. The van der Waals surface area contributed by atoms with E-state index in [4.69, 9.17) is 4.74 Å². The second-order valence-electron chi connectivity index (χ2n) is 8.47. The zero-order chi connectivity index (χ0) is 17.6. The van der Waals surface area contributed by atoms with Crippen LogP contribution in [0.1, 0.15) is 43.7 Å². The monoisotopic (exact) mass is 345 g/mol. The molecule has 0 amide bonds. The van der Waals surface area contributed by atoms with Crippen molar-refractivity contribution in [2.24, 2.45) is 11.8 Å². The van der Waals surface area contributed by atoms with Crippen molar-refractivity contribution in [2.45, 2.75) is 56.6 Å². The minimum absolute atomic E-state index is 0.0605. The van der Waals surface area contributed by atoms with E-state index in [1.54, 1.807) is 7.11 Å². The molecule has 0 radical (unpaired) electrons. The van der Waals surface area contributed by atoms with Crippen molar-refractivity contribution in [3.63, 3.8) is 0 Å². The fourth-order valence-corrected chi connectivity index (χ4v) is 5.40. The number of methoxy groups -OCH3 is 1. The molecule has 138 valence electrons. The van der Waals surface area contributed by atoms with Gasteiger partial charge in [-0.2, -0.15) is 0 Å². The molecule has 1 aromatic carbocycles. The molecular weight excluding hydrogens is 314 g/mol. The minimum Gasteiger partial charge on any atom is -0.497 e. The average molecular weight is 345 g/mol. The molecule has 4 nitrogen and oxygen atoms in total. The third-order valence-corrected chi connectivity index (χ3v) is 7.05. The van der Waals surface area contributed by atoms with Crippen molar-refractivity contribution in [3.05, 3.63) is 29.3 Å². The summed E-state index contributed by atoms with van der Waals surface area (Å²) in [5.41, 5.74) is 2.68. The van der Waals surface area contributed by atoms with Crippen LogP contribution in [0.2, 0.25) is 0 Å². The molecule has 2 fully saturated rings. The summed E-state index contributed by atoms with van der Waals surface area (Å²) in [6.07, 6.45) is 4.90. The molecule has 1 heterocycles. The average Bonchev–Trinajstić information content (AvgIpc) is 3.43. The highest BCUT2D eigenvalue weighted by atomic mass is 16.5. The molecule has 2 N–H and O–H groups in total. The van der Waals surface area contributed by atoms with E-state index in [0.717, 1.165) is 31.1 Å². The molecule has 2 aliphatic carbocycles. The van der Waals surface area contributed by atoms with Crippen molar-refractivity contribution in [2.75, 3.05) is 26.8 Å². The smallest absolute Gasteiger partial charge is 0.119 e. The number of hydrogen-bond donors (Lipinski definition) is 2. The van der Waals surface area contributed by atoms with Crippen molar-refractivity contribution in [1.29, 1.82) is 0 Å². The molecule has 0 aromatic heterocycles. The van der Waals surface area contributed by atoms with E-state index in [-0.39, 0.29) is 12.0 Å². The van der Waals surface area contributed by atoms with Gasteiger partial charge in [0.2, 0.25) is 0 Å². The number of piperidine rings is 1. The number of rotatable bonds is 6. The molecule has 0 spiro atoms. The van der Waals surface area contributed by atoms with Crippen molar-refractivity contribution < 1.29 is 14.9 Å². The van der Waals surface area contributed by atoms with Crippen molar-refractivity contribution in [1.82, 2.24) is 4.90 Å². The Labute approximate surface area is 150 Å². The Balaban J connectivity index is 1.73. The summed E-state index contributed by atoms with van der Waals surface area (Å²) in [7, 11) is 1.71. The third kappa shape index (κ3) is 2.98. The summed E-state index contributed by atoms with van der Waals surface area (Å²) in [6.45, 7) is 4.53. The quantitative estimate of drug-likeness (QED) is 0.831. The standard InChI is InChI=1S/C21H31NO3/c1-14-20-9-16-5-6-18(25-2)10-19(16)21(14,11-17(24)13-23)7-8-22(20)12-15-3-4-15/h5-6,10,14-15,17,20,23-24H,3-4,7-9,11-13H2,1-2H3. The van der Waals surface area contributed by atoms with Crippen LogP contribution in [0.15, 0.2) is 18.2 Å². The predicted octanol–water partition coefficient (Wildman–Crippen LogP) is 2.35. The van der Waals surface area contributed by atoms with Gasteiger partial charge in [0.25, 0.3) is 0 Å². The number of likely N-dealkylation sites (tertiary alicyclic amines) is 1. The lowest BCUT2D eigenvalue weighted by Crippen LogP contribution is -2.60. The van der Waals surface area contributed by atoms with Crippen LogP contribution < -0.4 is 4.74 Å². The van der Waals surface area contributed by atoms with Gasteiger partial charge in [0.15, 0.2) is 0 Å². The highest BCUT2D eigenvalue weighted by molar-refractivity contribution is 5.45. The normalized spacial score (nSPS) is 33.0. The lowest BCUT2D eigenvalue weighted by Gasteiger charge is -2.56. The maximum absolute atomic E-state index is 10.3. The van der Waals surface area contributed by atoms with Crippen LogP contribution >= 0.6 is 0 Å². The molecule has 1 saturated heterocycles. The summed E-state index contributed by atoms with van der Waals surface area (Å²) < 4.78 is 5.49. The molecule has 4 unspecified atom stereocenters. The number of nitrogens with zero attached hydrogens (tertiary/aromatic N) is 1. The van der Waals surface area contributed by atoms with Gasteiger partial charge in [0.1, 0.15) is 5.75 Å². The second kappa shape index (κ2) is 6.57. The van der Waals surface area contributed by atoms with Crippen molar-refractivity contribution >= 4 is 0 Å². The summed E-state index contributed by atoms with van der Waals surface area (Å²) in [5.74, 6) is 2.27. The Morgan fingerprint density at radius 2 is 2.16 bits per heavy atom.